The van der Waals surface area contributed by atoms with E-state index in [1.807, 2.05) is 0 Å². The Hall–Kier alpha value is -2.46. The van der Waals surface area contributed by atoms with Crippen LogP contribution in [0.5, 0.6) is 0 Å². The van der Waals surface area contributed by atoms with E-state index in [1.165, 1.54) is 180 Å². The molecule has 0 aliphatic rings. The first-order chi connectivity index (χ1) is 47.4. The van der Waals surface area contributed by atoms with Gasteiger partial charge in [-0.25, -0.2) is 9.13 Å². The van der Waals surface area contributed by atoms with Crippen LogP contribution in [0.4, 0.5) is 0 Å². The van der Waals surface area contributed by atoms with Gasteiger partial charge < -0.3 is 33.8 Å². The highest BCUT2D eigenvalue weighted by molar-refractivity contribution is 7.47. The summed E-state index contributed by atoms with van der Waals surface area (Å²) in [5.41, 5.74) is 0. The second-order valence-electron chi connectivity index (χ2n) is 28.5. The maximum atomic E-state index is 13.1. The smallest absolute Gasteiger partial charge is 0.462 e. The van der Waals surface area contributed by atoms with E-state index in [-0.39, 0.29) is 25.7 Å². The zero-order valence-electron chi connectivity index (χ0n) is 63.6. The summed E-state index contributed by atoms with van der Waals surface area (Å²) in [7, 11) is -9.93. The Bertz CT molecular complexity index is 1990. The highest BCUT2D eigenvalue weighted by atomic mass is 31.2. The Labute approximate surface area is 599 Å². The van der Waals surface area contributed by atoms with Gasteiger partial charge in [-0.05, 0) is 63.2 Å². The maximum absolute atomic E-state index is 13.1. The molecule has 0 aromatic heterocycles. The molecule has 0 aromatic carbocycles. The van der Waals surface area contributed by atoms with Gasteiger partial charge in [0, 0.05) is 25.7 Å². The van der Waals surface area contributed by atoms with Gasteiger partial charge in [-0.3, -0.25) is 37.3 Å². The number of aliphatic hydroxyl groups is 1. The topological polar surface area (TPSA) is 237 Å². The quantitative estimate of drug-likeness (QED) is 0.0169. The third-order valence-electron chi connectivity index (χ3n) is 18.2. The van der Waals surface area contributed by atoms with Crippen LogP contribution in [-0.4, -0.2) is 96.7 Å². The number of hydrogen-bond donors (Lipinski definition) is 3. The van der Waals surface area contributed by atoms with Crippen LogP contribution in [0.15, 0.2) is 24.3 Å². The number of rotatable bonds is 76. The highest BCUT2D eigenvalue weighted by Crippen LogP contribution is 2.45. The Kier molecular flexibility index (Phi) is 68.5. The van der Waals surface area contributed by atoms with Gasteiger partial charge in [-0.2, -0.15) is 0 Å². The van der Waals surface area contributed by atoms with Crippen molar-refractivity contribution < 1.29 is 80.2 Å². The van der Waals surface area contributed by atoms with Crippen LogP contribution in [-0.2, 0) is 65.4 Å². The molecular formula is C79H150O17P2. The predicted molar refractivity (Wildman–Crippen MR) is 400 cm³/mol. The molecule has 17 nitrogen and oxygen atoms in total. The molecule has 0 fully saturated rings. The number of ether oxygens (including phenoxy) is 4. The molecule has 98 heavy (non-hydrogen) atoms. The van der Waals surface area contributed by atoms with Crippen LogP contribution in [0.25, 0.3) is 0 Å². The van der Waals surface area contributed by atoms with Crippen LogP contribution >= 0.6 is 15.6 Å². The standard InChI is InChI=1S/C79H150O17P2/c1-7-10-12-14-16-18-20-22-24-25-26-27-28-30-32-34-39-43-51-57-63-78(83)95-74(67-89-76(81)61-55-49-42-38-33-31-29-23-21-19-17-15-13-11-8-2)69-93-97(85,86)91-65-73(80)66-92-98(87,88)94-70-75(68-90-77(82)62-56-50-46-45-48-54-60-72(6)9-3)96-79(84)64-58-52-44-40-36-35-37-41-47-53-59-71(4)5/h19,21,23,29,71-75,80H,7-18,20,22,24-28,30-70H2,1-6H3,(H,85,86)(H,87,88)/b21-19-,29-23-/t72?,73-,74-,75-/m1/s1. The van der Waals surface area contributed by atoms with Crippen molar-refractivity contribution in [1.82, 2.24) is 0 Å². The minimum atomic E-state index is -4.97. The normalized spacial score (nSPS) is 14.4. The summed E-state index contributed by atoms with van der Waals surface area (Å²) in [4.78, 5) is 72.9. The van der Waals surface area contributed by atoms with E-state index >= 15 is 0 Å². The Morgan fingerprint density at radius 2 is 0.602 bits per heavy atom. The van der Waals surface area contributed by atoms with E-state index < -0.39 is 97.5 Å². The molecule has 6 atom stereocenters. The van der Waals surface area contributed by atoms with E-state index in [9.17, 15) is 43.2 Å². The number of esters is 4. The summed E-state index contributed by atoms with van der Waals surface area (Å²) in [6, 6.07) is 0. The molecule has 0 amide bonds. The monoisotopic (exact) mass is 1430 g/mol. The summed E-state index contributed by atoms with van der Waals surface area (Å²) in [5, 5.41) is 10.6. The van der Waals surface area contributed by atoms with Gasteiger partial charge in [0.25, 0.3) is 0 Å². The minimum Gasteiger partial charge on any atom is -0.462 e. The van der Waals surface area contributed by atoms with Crippen LogP contribution in [0.1, 0.15) is 388 Å². The van der Waals surface area contributed by atoms with E-state index in [1.54, 1.807) is 0 Å². The zero-order chi connectivity index (χ0) is 72.1. The van der Waals surface area contributed by atoms with Crippen LogP contribution in [0, 0.1) is 11.8 Å². The van der Waals surface area contributed by atoms with Crippen LogP contribution in [0.3, 0.4) is 0 Å². The predicted octanol–water partition coefficient (Wildman–Crippen LogP) is 23.1. The Balaban J connectivity index is 5.26. The number of unbranched alkanes of at least 4 members (excludes halogenated alkanes) is 42. The van der Waals surface area contributed by atoms with Gasteiger partial charge in [0.2, 0.25) is 0 Å². The number of allylic oxidation sites excluding steroid dienone is 4. The molecule has 3 unspecified atom stereocenters. The number of phosphoric ester groups is 2. The summed E-state index contributed by atoms with van der Waals surface area (Å²) in [6.45, 7) is 9.49. The highest BCUT2D eigenvalue weighted by Gasteiger charge is 2.30. The molecule has 0 spiro atoms. The third kappa shape index (κ3) is 70.6. The van der Waals surface area contributed by atoms with E-state index in [2.05, 4.69) is 65.8 Å². The molecule has 0 rings (SSSR count). The first-order valence-electron chi connectivity index (χ1n) is 40.3. The van der Waals surface area contributed by atoms with Crippen LogP contribution in [0.2, 0.25) is 0 Å². The molecule has 0 saturated heterocycles. The summed E-state index contributed by atoms with van der Waals surface area (Å²) >= 11 is 0. The molecule has 3 N–H and O–H groups in total. The number of hydrogen-bond acceptors (Lipinski definition) is 15. The van der Waals surface area contributed by atoms with Crippen molar-refractivity contribution in [2.24, 2.45) is 11.8 Å². The van der Waals surface area contributed by atoms with Crippen molar-refractivity contribution in [2.45, 2.75) is 407 Å². The fourth-order valence-electron chi connectivity index (χ4n) is 11.6. The van der Waals surface area contributed by atoms with Crippen molar-refractivity contribution in [1.29, 1.82) is 0 Å². The van der Waals surface area contributed by atoms with Gasteiger partial charge in [0.05, 0.1) is 26.4 Å². The summed E-state index contributed by atoms with van der Waals surface area (Å²) in [6.07, 6.45) is 62.0. The van der Waals surface area contributed by atoms with E-state index in [0.717, 1.165) is 127 Å². The average molecular weight is 1430 g/mol. The largest absolute Gasteiger partial charge is 0.472 e. The fourth-order valence-corrected chi connectivity index (χ4v) is 13.2. The minimum absolute atomic E-state index is 0.102. The Morgan fingerprint density at radius 3 is 0.918 bits per heavy atom. The fraction of sp³-hybridized carbons (Fsp3) is 0.899. The molecule has 0 aliphatic heterocycles. The summed E-state index contributed by atoms with van der Waals surface area (Å²) in [5.74, 6) is -0.665. The number of phosphoric acid groups is 2. The first kappa shape index (κ1) is 95.5. The van der Waals surface area contributed by atoms with Crippen molar-refractivity contribution in [3.63, 3.8) is 0 Å². The van der Waals surface area contributed by atoms with Gasteiger partial charge in [-0.15, -0.1) is 0 Å². The lowest BCUT2D eigenvalue weighted by Gasteiger charge is -2.21. The van der Waals surface area contributed by atoms with Crippen molar-refractivity contribution in [3.8, 4) is 0 Å². The summed E-state index contributed by atoms with van der Waals surface area (Å²) < 4.78 is 68.6. The zero-order valence-corrected chi connectivity index (χ0v) is 65.4. The SMILES string of the molecule is CCCCCC/C=C\C=C/CCCCCCCC(=O)OC[C@H](COP(=O)(O)OC[C@@H](O)COP(=O)(O)OC[C@@H](COC(=O)CCCCCCCCC(C)CC)OC(=O)CCCCCCCCCCCCC(C)C)OC(=O)CCCCCCCCCCCCCCCCCCCCCC. The first-order valence-corrected chi connectivity index (χ1v) is 43.3. The molecule has 0 aliphatic carbocycles. The molecule has 578 valence electrons. The maximum Gasteiger partial charge on any atom is 0.472 e. The molecule has 0 aromatic rings. The molecule has 19 heteroatoms. The number of aliphatic hydroxyl groups excluding tert-OH is 1. The van der Waals surface area contributed by atoms with Crippen LogP contribution < -0.4 is 0 Å². The third-order valence-corrected chi connectivity index (χ3v) is 20.1. The lowest BCUT2D eigenvalue weighted by molar-refractivity contribution is -0.161. The van der Waals surface area contributed by atoms with E-state index in [0.29, 0.717) is 25.7 Å². The number of carbonyl (C=O) groups excluding carboxylic acids is 4. The van der Waals surface area contributed by atoms with Crippen molar-refractivity contribution in [2.75, 3.05) is 39.6 Å². The molecular weight excluding hydrogens is 1280 g/mol. The number of carbonyl (C=O) groups is 4. The molecule has 0 saturated carbocycles. The van der Waals surface area contributed by atoms with Gasteiger partial charge in [0.1, 0.15) is 19.3 Å². The van der Waals surface area contributed by atoms with E-state index in [4.69, 9.17) is 37.0 Å². The second kappa shape index (κ2) is 70.2. The molecule has 0 radical (unpaired) electrons. The molecule has 0 heterocycles. The van der Waals surface area contributed by atoms with Crippen molar-refractivity contribution >= 4 is 39.5 Å². The Morgan fingerprint density at radius 1 is 0.337 bits per heavy atom. The van der Waals surface area contributed by atoms with Gasteiger partial charge in [0.15, 0.2) is 12.2 Å². The second-order valence-corrected chi connectivity index (χ2v) is 31.4. The van der Waals surface area contributed by atoms with Gasteiger partial charge >= 0.3 is 39.5 Å². The lowest BCUT2D eigenvalue weighted by atomic mass is 10.00. The average Bonchev–Trinajstić information content (AvgIpc) is 1.08. The lowest BCUT2D eigenvalue weighted by Crippen LogP contribution is -2.30. The van der Waals surface area contributed by atoms with Gasteiger partial charge in [-0.1, -0.05) is 336 Å². The van der Waals surface area contributed by atoms with Crippen molar-refractivity contribution in [3.05, 3.63) is 24.3 Å². The molecule has 0 bridgehead atoms.